The maximum atomic E-state index is 11.7. The first-order valence-corrected chi connectivity index (χ1v) is 10.4. The number of benzene rings is 3. The number of aliphatic hydroxyl groups is 1. The molecule has 0 spiro atoms. The Hall–Kier alpha value is -4.84. The number of aromatic nitrogens is 1. The van der Waals surface area contributed by atoms with Crippen molar-refractivity contribution in [2.24, 2.45) is 0 Å². The number of pyridine rings is 1. The Balaban J connectivity index is 1.79. The Bertz CT molecular complexity index is 1400. The van der Waals surface area contributed by atoms with Crippen LogP contribution < -0.4 is 10.6 Å². The summed E-state index contributed by atoms with van der Waals surface area (Å²) in [6.45, 7) is 1.88. The smallest absolute Gasteiger partial charge is 0.411 e. The summed E-state index contributed by atoms with van der Waals surface area (Å²) >= 11 is 0. The summed E-state index contributed by atoms with van der Waals surface area (Å²) in [7, 11) is 0. The van der Waals surface area contributed by atoms with Gasteiger partial charge in [-0.25, -0.2) is 9.78 Å². The highest BCUT2D eigenvalue weighted by Gasteiger charge is 2.18. The molecule has 0 bridgehead atoms. The molecule has 0 saturated heterocycles. The van der Waals surface area contributed by atoms with Crippen molar-refractivity contribution in [1.82, 2.24) is 4.98 Å². The molecule has 1 atom stereocenters. The highest BCUT2D eigenvalue weighted by molar-refractivity contribution is 6.08. The summed E-state index contributed by atoms with van der Waals surface area (Å²) in [4.78, 5) is 37.4. The molecule has 12 heteroatoms. The van der Waals surface area contributed by atoms with Gasteiger partial charge in [0, 0.05) is 46.3 Å². The third kappa shape index (κ3) is 4.91. The van der Waals surface area contributed by atoms with Crippen molar-refractivity contribution in [3.05, 3.63) is 86.5 Å². The quantitative estimate of drug-likeness (QED) is 0.145. The van der Waals surface area contributed by atoms with Crippen LogP contribution in [0.4, 0.5) is 27.5 Å². The normalized spacial score (nSPS) is 11.7. The first-order chi connectivity index (χ1) is 16.8. The lowest BCUT2D eigenvalue weighted by atomic mass is 10.1. The molecule has 3 aromatic carbocycles. The number of rotatable bonds is 7. The van der Waals surface area contributed by atoms with Crippen molar-refractivity contribution in [2.75, 3.05) is 17.2 Å². The number of amides is 1. The second-order valence-corrected chi connectivity index (χ2v) is 7.42. The molecule has 0 saturated carbocycles. The largest absolute Gasteiger partial charge is 0.450 e. The number of nitrogens with one attached hydrogen (secondary N) is 2. The summed E-state index contributed by atoms with van der Waals surface area (Å²) in [6.07, 6.45) is -1.90. The number of carbonyl (C=O) groups is 1. The van der Waals surface area contributed by atoms with E-state index < -0.39 is 22.2 Å². The van der Waals surface area contributed by atoms with Gasteiger partial charge < -0.3 is 15.2 Å². The van der Waals surface area contributed by atoms with Gasteiger partial charge in [0.1, 0.15) is 0 Å². The van der Waals surface area contributed by atoms with Gasteiger partial charge in [-0.2, -0.15) is 0 Å². The molecule has 0 fully saturated rings. The molecule has 3 N–H and O–H groups in total. The fourth-order valence-corrected chi connectivity index (χ4v) is 3.60. The minimum Gasteiger partial charge on any atom is -0.450 e. The van der Waals surface area contributed by atoms with Crippen molar-refractivity contribution < 1.29 is 24.5 Å². The lowest BCUT2D eigenvalue weighted by Crippen LogP contribution is -2.14. The Labute approximate surface area is 197 Å². The number of anilines is 2. The van der Waals surface area contributed by atoms with Crippen LogP contribution in [0.25, 0.3) is 21.8 Å². The fraction of sp³-hybridized carbons (Fsp3) is 0.130. The first kappa shape index (κ1) is 23.3. The van der Waals surface area contributed by atoms with Gasteiger partial charge in [-0.3, -0.25) is 25.5 Å². The van der Waals surface area contributed by atoms with E-state index in [2.05, 4.69) is 15.6 Å². The highest BCUT2D eigenvalue weighted by Crippen LogP contribution is 2.36. The molecule has 12 nitrogen and oxygen atoms in total. The number of aliphatic hydroxyl groups excluding tert-OH is 1. The van der Waals surface area contributed by atoms with E-state index in [1.807, 2.05) is 0 Å². The molecule has 4 aromatic rings. The molecule has 178 valence electrons. The minimum absolute atomic E-state index is 0.195. The second kappa shape index (κ2) is 9.57. The van der Waals surface area contributed by atoms with Gasteiger partial charge in [0.25, 0.3) is 11.4 Å². The number of carbonyl (C=O) groups excluding carboxylic acids is 1. The lowest BCUT2D eigenvalue weighted by Gasteiger charge is -2.19. The number of nitrogens with zero attached hydrogens (tertiary/aromatic N) is 3. The van der Waals surface area contributed by atoms with Gasteiger partial charge in [0.05, 0.1) is 33.2 Å². The predicted octanol–water partition coefficient (Wildman–Crippen LogP) is 4.88. The standard InChI is InChI=1S/C23H19N5O7/c1-2-35-23(30)24-14-5-3-4-13(10-14)22(29)26-21-17-8-6-15(27(31)32)11-19(17)25-20-12-16(28(33)34)7-9-18(20)21/h3-12,22,29H,2H2,1H3,(H,24,30)(H,25,26). The Morgan fingerprint density at radius 3 is 2.14 bits per heavy atom. The number of hydrogen-bond acceptors (Lipinski definition) is 9. The van der Waals surface area contributed by atoms with Gasteiger partial charge in [-0.15, -0.1) is 0 Å². The second-order valence-electron chi connectivity index (χ2n) is 7.42. The van der Waals surface area contributed by atoms with E-state index in [0.717, 1.165) is 0 Å². The van der Waals surface area contributed by atoms with E-state index in [0.29, 0.717) is 27.7 Å². The summed E-state index contributed by atoms with van der Waals surface area (Å²) in [5.41, 5.74) is 1.24. The van der Waals surface area contributed by atoms with Crippen LogP contribution in [0, 0.1) is 20.2 Å². The monoisotopic (exact) mass is 477 g/mol. The Kier molecular flexibility index (Phi) is 6.38. The molecule has 1 aromatic heterocycles. The van der Waals surface area contributed by atoms with E-state index >= 15 is 0 Å². The van der Waals surface area contributed by atoms with Gasteiger partial charge in [0.2, 0.25) is 0 Å². The van der Waals surface area contributed by atoms with Crippen molar-refractivity contribution >= 4 is 50.6 Å². The molecule has 35 heavy (non-hydrogen) atoms. The molecule has 1 amide bonds. The SMILES string of the molecule is CCOC(=O)Nc1cccc(C(O)Nc2c3ccc([N+](=O)[O-])cc3nc3cc([N+](=O)[O-])ccc23)c1. The molecular weight excluding hydrogens is 458 g/mol. The summed E-state index contributed by atoms with van der Waals surface area (Å²) < 4.78 is 4.86. The third-order valence-corrected chi connectivity index (χ3v) is 5.17. The van der Waals surface area contributed by atoms with Crippen LogP contribution in [0.5, 0.6) is 0 Å². The average molecular weight is 477 g/mol. The first-order valence-electron chi connectivity index (χ1n) is 10.4. The van der Waals surface area contributed by atoms with E-state index in [9.17, 15) is 30.1 Å². The number of ether oxygens (including phenoxy) is 1. The zero-order chi connectivity index (χ0) is 25.1. The third-order valence-electron chi connectivity index (χ3n) is 5.17. The van der Waals surface area contributed by atoms with Crippen LogP contribution in [0.15, 0.2) is 60.7 Å². The van der Waals surface area contributed by atoms with Crippen molar-refractivity contribution in [1.29, 1.82) is 0 Å². The molecular formula is C23H19N5O7. The number of nitro groups is 2. The topological polar surface area (TPSA) is 170 Å². The van der Waals surface area contributed by atoms with Crippen LogP contribution >= 0.6 is 0 Å². The zero-order valence-electron chi connectivity index (χ0n) is 18.3. The van der Waals surface area contributed by atoms with E-state index in [1.54, 1.807) is 31.2 Å². The van der Waals surface area contributed by atoms with Crippen molar-refractivity contribution in [2.45, 2.75) is 13.2 Å². The van der Waals surface area contributed by atoms with Gasteiger partial charge >= 0.3 is 6.09 Å². The molecule has 0 aliphatic carbocycles. The molecule has 4 rings (SSSR count). The summed E-state index contributed by atoms with van der Waals surface area (Å²) in [5.74, 6) is 0. The maximum absolute atomic E-state index is 11.7. The van der Waals surface area contributed by atoms with Gasteiger partial charge in [-0.05, 0) is 31.2 Å². The van der Waals surface area contributed by atoms with Crippen LogP contribution in [0.1, 0.15) is 18.7 Å². The van der Waals surface area contributed by atoms with Crippen LogP contribution in [0.2, 0.25) is 0 Å². The zero-order valence-corrected chi connectivity index (χ0v) is 18.3. The number of non-ortho nitro benzene ring substituents is 2. The van der Waals surface area contributed by atoms with Crippen LogP contribution in [-0.2, 0) is 4.74 Å². The Morgan fingerprint density at radius 2 is 1.60 bits per heavy atom. The van der Waals surface area contributed by atoms with Gasteiger partial charge in [0.15, 0.2) is 6.23 Å². The van der Waals surface area contributed by atoms with E-state index in [4.69, 9.17) is 4.74 Å². The fourth-order valence-electron chi connectivity index (χ4n) is 3.60. The van der Waals surface area contributed by atoms with Gasteiger partial charge in [-0.1, -0.05) is 12.1 Å². The predicted molar refractivity (Wildman–Crippen MR) is 128 cm³/mol. The molecule has 1 unspecified atom stereocenters. The van der Waals surface area contributed by atoms with Crippen LogP contribution in [0.3, 0.4) is 0 Å². The van der Waals surface area contributed by atoms with E-state index in [-0.39, 0.29) is 29.0 Å². The molecule has 0 aliphatic heterocycles. The minimum atomic E-state index is -1.27. The number of fused-ring (bicyclic) bond motifs is 2. The highest BCUT2D eigenvalue weighted by atomic mass is 16.6. The van der Waals surface area contributed by atoms with Crippen LogP contribution in [-0.4, -0.2) is 32.6 Å². The van der Waals surface area contributed by atoms with Crippen molar-refractivity contribution in [3.8, 4) is 0 Å². The Morgan fingerprint density at radius 1 is 1.00 bits per heavy atom. The molecule has 0 aliphatic rings. The summed E-state index contributed by atoms with van der Waals surface area (Å²) in [6, 6.07) is 14.6. The molecule has 1 heterocycles. The van der Waals surface area contributed by atoms with E-state index in [1.165, 1.54) is 36.4 Å². The maximum Gasteiger partial charge on any atom is 0.411 e. The lowest BCUT2D eigenvalue weighted by molar-refractivity contribution is -0.384. The molecule has 0 radical (unpaired) electrons. The average Bonchev–Trinajstić information content (AvgIpc) is 2.83. The summed E-state index contributed by atoms with van der Waals surface area (Å²) in [5, 5.41) is 39.9. The number of nitro benzene ring substituents is 2. The van der Waals surface area contributed by atoms with Crippen molar-refractivity contribution in [3.63, 3.8) is 0 Å². The number of hydrogen-bond donors (Lipinski definition) is 3.